The van der Waals surface area contributed by atoms with Gasteiger partial charge < -0.3 is 0 Å². The Hall–Kier alpha value is -0.730. The third-order valence-corrected chi connectivity index (χ3v) is 4.16. The number of alkyl halides is 3. The first kappa shape index (κ1) is 18.3. The first-order chi connectivity index (χ1) is 9.89. The van der Waals surface area contributed by atoms with E-state index in [1.807, 2.05) is 12.1 Å². The number of carbonyl (C=O) groups is 1. The van der Waals surface area contributed by atoms with Gasteiger partial charge in [-0.05, 0) is 52.2 Å². The second-order valence-electron chi connectivity index (χ2n) is 4.49. The molecule has 1 aromatic carbocycles. The molecule has 0 aliphatic heterocycles. The number of halogens is 4. The average molecular weight is 472 g/mol. The van der Waals surface area contributed by atoms with Crippen molar-refractivity contribution in [2.45, 2.75) is 24.7 Å². The Bertz CT molecular complexity index is 550. The number of Topliss-reactive ketones (excluding diaryl/α,β-unsaturated/α-hetero) is 1. The molecule has 1 atom stereocenters. The first-order valence-corrected chi connectivity index (χ1v) is 8.32. The monoisotopic (exact) mass is 471 g/mol. The second kappa shape index (κ2) is 8.65. The minimum atomic E-state index is -3.10. The maximum absolute atomic E-state index is 13.5. The van der Waals surface area contributed by atoms with Gasteiger partial charge in [0.2, 0.25) is 0 Å². The highest BCUT2D eigenvalue weighted by Gasteiger charge is 2.31. The van der Waals surface area contributed by atoms with E-state index < -0.39 is 24.8 Å². The summed E-state index contributed by atoms with van der Waals surface area (Å²) in [5.41, 5.74) is 8.83. The summed E-state index contributed by atoms with van der Waals surface area (Å²) >= 11 is 5.20. The highest BCUT2D eigenvalue weighted by molar-refractivity contribution is 14.1. The van der Waals surface area contributed by atoms with Crippen LogP contribution in [0.5, 0.6) is 0 Å². The summed E-state index contributed by atoms with van der Waals surface area (Å²) in [4.78, 5) is 14.3. The van der Waals surface area contributed by atoms with Gasteiger partial charge in [-0.25, -0.2) is 8.78 Å². The van der Waals surface area contributed by atoms with Crippen molar-refractivity contribution in [2.75, 3.05) is 11.9 Å². The van der Waals surface area contributed by atoms with E-state index in [0.29, 0.717) is 0 Å². The lowest BCUT2D eigenvalue weighted by atomic mass is 9.89. The molecule has 0 bridgehead atoms. The van der Waals surface area contributed by atoms with Crippen LogP contribution >= 0.6 is 38.5 Å². The molecule has 0 spiro atoms. The van der Waals surface area contributed by atoms with Crippen LogP contribution in [0, 0.1) is 3.57 Å². The third-order valence-electron chi connectivity index (χ3n) is 2.94. The van der Waals surface area contributed by atoms with Gasteiger partial charge in [0.05, 0.1) is 11.9 Å². The van der Waals surface area contributed by atoms with Crippen molar-refractivity contribution >= 4 is 44.3 Å². The van der Waals surface area contributed by atoms with Gasteiger partial charge in [-0.3, -0.25) is 4.79 Å². The van der Waals surface area contributed by atoms with Crippen molar-refractivity contribution in [2.24, 2.45) is 5.11 Å². The van der Waals surface area contributed by atoms with Crippen LogP contribution in [0.1, 0.15) is 24.3 Å². The smallest absolute Gasteiger partial charge is 0.253 e. The highest BCUT2D eigenvalue weighted by atomic mass is 127. The predicted octanol–water partition coefficient (Wildman–Crippen LogP) is 5.06. The van der Waals surface area contributed by atoms with E-state index in [1.165, 1.54) is 0 Å². The lowest BCUT2D eigenvalue weighted by Crippen LogP contribution is -2.23. The van der Waals surface area contributed by atoms with Gasteiger partial charge in [0, 0.05) is 20.8 Å². The molecule has 1 aromatic rings. The molecule has 0 radical (unpaired) electrons. The van der Waals surface area contributed by atoms with Crippen molar-refractivity contribution in [3.05, 3.63) is 43.8 Å². The minimum Gasteiger partial charge on any atom is -0.298 e. The zero-order valence-electron chi connectivity index (χ0n) is 11.0. The molecule has 0 aromatic heterocycles. The summed E-state index contributed by atoms with van der Waals surface area (Å²) in [7, 11) is 0. The number of hydrogen-bond acceptors (Lipinski definition) is 2. The molecule has 0 saturated heterocycles. The summed E-state index contributed by atoms with van der Waals surface area (Å²) in [5.74, 6) is -3.83. The maximum Gasteiger partial charge on any atom is 0.253 e. The largest absolute Gasteiger partial charge is 0.298 e. The second-order valence-corrected chi connectivity index (χ2v) is 6.30. The SMILES string of the molecule is [N-]=[N+]=NCC(F)(F)CCC(C(=O)CBr)c1cccc(I)c1. The number of carbonyl (C=O) groups excluding carboxylic acids is 1. The molecule has 0 aliphatic rings. The van der Waals surface area contributed by atoms with Gasteiger partial charge in [-0.1, -0.05) is 33.2 Å². The lowest BCUT2D eigenvalue weighted by molar-refractivity contribution is -0.118. The number of hydrogen-bond donors (Lipinski definition) is 0. The summed E-state index contributed by atoms with van der Waals surface area (Å²) in [6.07, 6.45) is -0.487. The van der Waals surface area contributed by atoms with Gasteiger partial charge in [-0.2, -0.15) is 0 Å². The Labute approximate surface area is 143 Å². The van der Waals surface area contributed by atoms with Crippen LogP contribution in [0.25, 0.3) is 10.4 Å². The zero-order valence-corrected chi connectivity index (χ0v) is 14.7. The molecule has 0 heterocycles. The summed E-state index contributed by atoms with van der Waals surface area (Å²) in [6.45, 7) is -0.884. The van der Waals surface area contributed by atoms with E-state index in [-0.39, 0.29) is 17.5 Å². The van der Waals surface area contributed by atoms with Crippen LogP contribution in [0.15, 0.2) is 29.4 Å². The van der Waals surface area contributed by atoms with Crippen molar-refractivity contribution in [1.29, 1.82) is 0 Å². The summed E-state index contributed by atoms with van der Waals surface area (Å²) < 4.78 is 28.0. The van der Waals surface area contributed by atoms with Crippen LogP contribution < -0.4 is 0 Å². The highest BCUT2D eigenvalue weighted by Crippen LogP contribution is 2.30. The van der Waals surface area contributed by atoms with E-state index in [0.717, 1.165) is 9.13 Å². The molecular weight excluding hydrogens is 459 g/mol. The fraction of sp³-hybridized carbons (Fsp3) is 0.462. The number of nitrogens with zero attached hydrogens (tertiary/aromatic N) is 3. The molecule has 4 nitrogen and oxygen atoms in total. The fourth-order valence-corrected chi connectivity index (χ4v) is 2.86. The molecule has 114 valence electrons. The summed E-state index contributed by atoms with van der Waals surface area (Å²) in [6, 6.07) is 7.25. The number of azide groups is 1. The van der Waals surface area contributed by atoms with E-state index in [2.05, 4.69) is 48.5 Å². The number of benzene rings is 1. The van der Waals surface area contributed by atoms with Crippen LogP contribution in [0.2, 0.25) is 0 Å². The molecule has 21 heavy (non-hydrogen) atoms. The quantitative estimate of drug-likeness (QED) is 0.172. The normalized spacial score (nSPS) is 12.6. The third kappa shape index (κ3) is 6.27. The van der Waals surface area contributed by atoms with E-state index in [1.54, 1.807) is 12.1 Å². The predicted molar refractivity (Wildman–Crippen MR) is 88.9 cm³/mol. The van der Waals surface area contributed by atoms with Gasteiger partial charge in [0.15, 0.2) is 5.78 Å². The van der Waals surface area contributed by atoms with Gasteiger partial charge in [0.1, 0.15) is 0 Å². The number of rotatable bonds is 8. The first-order valence-electron chi connectivity index (χ1n) is 6.12. The van der Waals surface area contributed by atoms with Gasteiger partial charge >= 0.3 is 0 Å². The standard InChI is InChI=1S/C13H13BrF2IN3O/c14-7-12(21)11(9-2-1-3-10(17)6-9)4-5-13(15,16)8-19-20-18/h1-3,6,11H,4-5,7-8H2. The van der Waals surface area contributed by atoms with Crippen LogP contribution in [0.3, 0.4) is 0 Å². The van der Waals surface area contributed by atoms with Gasteiger partial charge in [-0.15, -0.1) is 0 Å². The van der Waals surface area contributed by atoms with Crippen molar-refractivity contribution in [1.82, 2.24) is 0 Å². The van der Waals surface area contributed by atoms with Crippen molar-refractivity contribution in [3.63, 3.8) is 0 Å². The van der Waals surface area contributed by atoms with E-state index in [9.17, 15) is 13.6 Å². The molecule has 0 N–H and O–H groups in total. The Morgan fingerprint density at radius 3 is 2.81 bits per heavy atom. The Balaban J connectivity index is 2.85. The van der Waals surface area contributed by atoms with E-state index >= 15 is 0 Å². The van der Waals surface area contributed by atoms with Crippen LogP contribution in [-0.2, 0) is 4.79 Å². The minimum absolute atomic E-state index is 0.0124. The Morgan fingerprint density at radius 1 is 1.52 bits per heavy atom. The average Bonchev–Trinajstić information content (AvgIpc) is 2.45. The van der Waals surface area contributed by atoms with Gasteiger partial charge in [0.25, 0.3) is 5.92 Å². The molecule has 8 heteroatoms. The molecule has 1 unspecified atom stereocenters. The van der Waals surface area contributed by atoms with Crippen LogP contribution in [-0.4, -0.2) is 23.6 Å². The molecule has 0 amide bonds. The maximum atomic E-state index is 13.5. The molecule has 0 fully saturated rings. The van der Waals surface area contributed by atoms with Crippen molar-refractivity contribution in [3.8, 4) is 0 Å². The van der Waals surface area contributed by atoms with E-state index in [4.69, 9.17) is 5.53 Å². The topological polar surface area (TPSA) is 65.8 Å². The Morgan fingerprint density at radius 2 is 2.24 bits per heavy atom. The molecular formula is C13H13BrF2IN3O. The zero-order chi connectivity index (χ0) is 15.9. The van der Waals surface area contributed by atoms with Crippen LogP contribution in [0.4, 0.5) is 8.78 Å². The molecule has 0 aliphatic carbocycles. The summed E-state index contributed by atoms with van der Waals surface area (Å²) in [5, 5.41) is 3.02. The Kier molecular flexibility index (Phi) is 7.55. The number of ketones is 1. The lowest BCUT2D eigenvalue weighted by Gasteiger charge is -2.19. The fourth-order valence-electron chi connectivity index (χ4n) is 1.90. The van der Waals surface area contributed by atoms with Crippen molar-refractivity contribution < 1.29 is 13.6 Å². The molecule has 1 rings (SSSR count). The molecule has 0 saturated carbocycles.